The highest BCUT2D eigenvalue weighted by molar-refractivity contribution is 6.39. The smallest absolute Gasteiger partial charge is 0.355 e. The first-order chi connectivity index (χ1) is 11.9. The molecule has 25 heavy (non-hydrogen) atoms. The summed E-state index contributed by atoms with van der Waals surface area (Å²) in [4.78, 5) is 15.5. The summed E-state index contributed by atoms with van der Waals surface area (Å²) in [7, 11) is 0. The largest absolute Gasteiger partial charge is 0.461 e. The number of carbonyl (C=O) groups excluding carboxylic acids is 1. The summed E-state index contributed by atoms with van der Waals surface area (Å²) in [5.41, 5.74) is 9.11. The third-order valence-corrected chi connectivity index (χ3v) is 4.57. The Hall–Kier alpha value is -2.17. The van der Waals surface area contributed by atoms with Crippen molar-refractivity contribution in [3.8, 4) is 0 Å². The van der Waals surface area contributed by atoms with E-state index in [9.17, 15) is 4.79 Å². The summed E-state index contributed by atoms with van der Waals surface area (Å²) < 4.78 is 5.18. The first-order valence-electron chi connectivity index (χ1n) is 7.79. The van der Waals surface area contributed by atoms with Crippen molar-refractivity contribution >= 4 is 45.8 Å². The maximum atomic E-state index is 12.5. The van der Waals surface area contributed by atoms with E-state index in [0.29, 0.717) is 37.9 Å². The minimum absolute atomic E-state index is 0.261. The number of nitrogens with two attached hydrogens (primary N) is 1. The Kier molecular flexibility index (Phi) is 4.93. The van der Waals surface area contributed by atoms with Crippen LogP contribution in [0.3, 0.4) is 0 Å². The summed E-state index contributed by atoms with van der Waals surface area (Å²) in [5.74, 6) is -0.878. The van der Waals surface area contributed by atoms with Crippen LogP contribution in [0.5, 0.6) is 0 Å². The van der Waals surface area contributed by atoms with E-state index in [1.807, 2.05) is 18.2 Å². The number of halogens is 2. The fourth-order valence-electron chi connectivity index (χ4n) is 2.97. The molecular formula is C19H17Cl2N2O2. The number of nitrogens with one attached hydrogen (secondary N) is 1. The molecule has 0 amide bonds. The molecule has 3 aromatic rings. The maximum Gasteiger partial charge on any atom is 0.355 e. The number of aromatic nitrogens is 1. The molecule has 6 heteroatoms. The molecule has 0 aliphatic rings. The average Bonchev–Trinajstić information content (AvgIpc) is 2.94. The molecule has 0 saturated carbocycles. The molecule has 0 aliphatic carbocycles. The Morgan fingerprint density at radius 2 is 2.04 bits per heavy atom. The minimum Gasteiger partial charge on any atom is -0.461 e. The van der Waals surface area contributed by atoms with Crippen LogP contribution in [0.4, 0.5) is 5.69 Å². The number of esters is 1. The number of carbonyl (C=O) groups is 1. The van der Waals surface area contributed by atoms with Crippen molar-refractivity contribution in [2.24, 2.45) is 0 Å². The van der Waals surface area contributed by atoms with Crippen molar-refractivity contribution < 1.29 is 9.53 Å². The van der Waals surface area contributed by atoms with Gasteiger partial charge in [0.25, 0.3) is 0 Å². The summed E-state index contributed by atoms with van der Waals surface area (Å²) >= 11 is 12.5. The van der Waals surface area contributed by atoms with Crippen LogP contribution >= 0.6 is 23.2 Å². The van der Waals surface area contributed by atoms with Crippen LogP contribution in [0, 0.1) is 6.92 Å². The Labute approximate surface area is 155 Å². The number of H-pyrrole nitrogens is 1. The molecule has 1 radical (unpaired) electrons. The number of nitrogen functional groups attached to an aromatic ring is 1. The van der Waals surface area contributed by atoms with Crippen molar-refractivity contribution in [1.82, 2.24) is 4.98 Å². The van der Waals surface area contributed by atoms with Gasteiger partial charge in [-0.05, 0) is 37.6 Å². The van der Waals surface area contributed by atoms with E-state index in [1.165, 1.54) is 0 Å². The molecule has 3 N–H and O–H groups in total. The molecule has 2 aromatic carbocycles. The van der Waals surface area contributed by atoms with Crippen LogP contribution in [0.2, 0.25) is 10.0 Å². The van der Waals surface area contributed by atoms with Gasteiger partial charge >= 0.3 is 5.97 Å². The van der Waals surface area contributed by atoms with E-state index >= 15 is 0 Å². The summed E-state index contributed by atoms with van der Waals surface area (Å²) in [6.45, 7) is 6.24. The number of hydrogen-bond donors (Lipinski definition) is 2. The van der Waals surface area contributed by atoms with Crippen LogP contribution in [0.15, 0.2) is 36.4 Å². The fraction of sp³-hybridized carbons (Fsp3) is 0.158. The minimum atomic E-state index is -0.468. The molecule has 1 heterocycles. The van der Waals surface area contributed by atoms with Crippen LogP contribution in [-0.4, -0.2) is 17.6 Å². The lowest BCUT2D eigenvalue weighted by atomic mass is 9.89. The number of benzene rings is 2. The first-order valence-corrected chi connectivity index (χ1v) is 8.54. The van der Waals surface area contributed by atoms with Crippen molar-refractivity contribution in [1.29, 1.82) is 0 Å². The molecule has 0 aliphatic heterocycles. The molecule has 0 spiro atoms. The second kappa shape index (κ2) is 6.98. The van der Waals surface area contributed by atoms with Gasteiger partial charge in [0.1, 0.15) is 5.69 Å². The number of ether oxygens (including phenoxy) is 1. The van der Waals surface area contributed by atoms with Crippen LogP contribution in [-0.2, 0) is 4.74 Å². The van der Waals surface area contributed by atoms with Crippen LogP contribution in [0.25, 0.3) is 10.9 Å². The zero-order chi connectivity index (χ0) is 18.1. The van der Waals surface area contributed by atoms with Gasteiger partial charge in [0.15, 0.2) is 0 Å². The number of rotatable bonds is 4. The van der Waals surface area contributed by atoms with Gasteiger partial charge in [-0.2, -0.15) is 0 Å². The third-order valence-electron chi connectivity index (χ3n) is 4.05. The van der Waals surface area contributed by atoms with Gasteiger partial charge in [-0.25, -0.2) is 4.79 Å². The van der Waals surface area contributed by atoms with E-state index in [1.54, 1.807) is 25.1 Å². The van der Waals surface area contributed by atoms with E-state index < -0.39 is 11.9 Å². The Morgan fingerprint density at radius 1 is 1.32 bits per heavy atom. The molecule has 1 aromatic heterocycles. The zero-order valence-corrected chi connectivity index (χ0v) is 15.1. The lowest BCUT2D eigenvalue weighted by molar-refractivity contribution is 0.0519. The lowest BCUT2D eigenvalue weighted by Gasteiger charge is -2.16. The van der Waals surface area contributed by atoms with Gasteiger partial charge in [-0.15, -0.1) is 0 Å². The van der Waals surface area contributed by atoms with E-state index in [2.05, 4.69) is 11.9 Å². The van der Waals surface area contributed by atoms with Crippen LogP contribution in [0.1, 0.15) is 34.5 Å². The lowest BCUT2D eigenvalue weighted by Crippen LogP contribution is -2.11. The summed E-state index contributed by atoms with van der Waals surface area (Å²) in [6.07, 6.45) is 0. The van der Waals surface area contributed by atoms with E-state index in [4.69, 9.17) is 33.7 Å². The highest BCUT2D eigenvalue weighted by atomic mass is 35.5. The SMILES string of the molecule is [CH2]C(c1ccccc1N)c1c(C(=O)OCC)[nH]c2cc(Cl)cc(Cl)c12. The van der Waals surface area contributed by atoms with Gasteiger partial charge in [0, 0.05) is 33.1 Å². The molecule has 1 atom stereocenters. The van der Waals surface area contributed by atoms with Gasteiger partial charge < -0.3 is 15.5 Å². The predicted octanol–water partition coefficient (Wildman–Crippen LogP) is 5.20. The van der Waals surface area contributed by atoms with E-state index in [0.717, 1.165) is 5.56 Å². The summed E-state index contributed by atoms with van der Waals surface area (Å²) in [6, 6.07) is 10.8. The predicted molar refractivity (Wildman–Crippen MR) is 102 cm³/mol. The number of para-hydroxylation sites is 1. The van der Waals surface area contributed by atoms with Gasteiger partial charge in [-0.3, -0.25) is 0 Å². The average molecular weight is 376 g/mol. The molecule has 0 fully saturated rings. The monoisotopic (exact) mass is 375 g/mol. The summed E-state index contributed by atoms with van der Waals surface area (Å²) in [5, 5.41) is 1.60. The van der Waals surface area contributed by atoms with Crippen molar-refractivity contribution in [3.05, 3.63) is 70.2 Å². The molecule has 0 saturated heterocycles. The third kappa shape index (κ3) is 3.20. The topological polar surface area (TPSA) is 68.1 Å². The van der Waals surface area contributed by atoms with Gasteiger partial charge in [0.2, 0.25) is 0 Å². The Morgan fingerprint density at radius 3 is 2.72 bits per heavy atom. The Balaban J connectivity index is 2.29. The molecule has 3 rings (SSSR count). The molecule has 129 valence electrons. The number of aromatic amines is 1. The van der Waals surface area contributed by atoms with Gasteiger partial charge in [-0.1, -0.05) is 41.4 Å². The standard InChI is InChI=1S/C19H17Cl2N2O2/c1-3-25-19(24)18-16(10(2)12-6-4-5-7-14(12)22)17-13(21)8-11(20)9-15(17)23-18/h4-10,23H,2-3,22H2,1H3. The van der Waals surface area contributed by atoms with Gasteiger partial charge in [0.05, 0.1) is 11.6 Å². The van der Waals surface area contributed by atoms with Crippen molar-refractivity contribution in [3.63, 3.8) is 0 Å². The van der Waals surface area contributed by atoms with Crippen LogP contribution < -0.4 is 5.73 Å². The van der Waals surface area contributed by atoms with Crippen molar-refractivity contribution in [2.45, 2.75) is 12.8 Å². The number of anilines is 1. The quantitative estimate of drug-likeness (QED) is 0.486. The fourth-order valence-corrected chi connectivity index (χ4v) is 3.56. The number of hydrogen-bond acceptors (Lipinski definition) is 3. The second-order valence-electron chi connectivity index (χ2n) is 5.63. The molecule has 4 nitrogen and oxygen atoms in total. The normalized spacial score (nSPS) is 12.3. The Bertz CT molecular complexity index is 950. The molecule has 1 unspecified atom stereocenters. The molecule has 0 bridgehead atoms. The highest BCUT2D eigenvalue weighted by Gasteiger charge is 2.26. The van der Waals surface area contributed by atoms with Crippen molar-refractivity contribution in [2.75, 3.05) is 12.3 Å². The number of fused-ring (bicyclic) bond motifs is 1. The molecular weight excluding hydrogens is 359 g/mol. The second-order valence-corrected chi connectivity index (χ2v) is 6.47. The van der Waals surface area contributed by atoms with E-state index in [-0.39, 0.29) is 6.61 Å². The first kappa shape index (κ1) is 17.6. The highest BCUT2D eigenvalue weighted by Crippen LogP contribution is 2.40. The zero-order valence-electron chi connectivity index (χ0n) is 13.6. The maximum absolute atomic E-state index is 12.5.